The molecular formula is C34H37ClN4O6. The molecule has 4 N–H and O–H groups in total. The Balaban J connectivity index is 1.43. The number of aryl methyl sites for hydroxylation is 1. The molecule has 5 rings (SSSR count). The summed E-state index contributed by atoms with van der Waals surface area (Å²) in [5.74, 6) is 0.955. The normalized spacial score (nSPS) is 14.4. The first-order chi connectivity index (χ1) is 21.6. The molecule has 236 valence electrons. The molecule has 2 amide bonds. The average Bonchev–Trinajstić information content (AvgIpc) is 3.27. The van der Waals surface area contributed by atoms with E-state index in [0.717, 1.165) is 27.6 Å². The number of benzene rings is 2. The third-order valence-corrected chi connectivity index (χ3v) is 8.34. The lowest BCUT2D eigenvalue weighted by Gasteiger charge is -2.19. The van der Waals surface area contributed by atoms with E-state index in [9.17, 15) is 14.4 Å². The van der Waals surface area contributed by atoms with Crippen molar-refractivity contribution in [3.05, 3.63) is 80.6 Å². The maximum Gasteiger partial charge on any atom is 0.242 e. The van der Waals surface area contributed by atoms with Gasteiger partial charge in [0.05, 0.1) is 33.1 Å². The van der Waals surface area contributed by atoms with Crippen LogP contribution in [0.5, 0.6) is 17.2 Å². The molecule has 1 aromatic heterocycles. The topological polar surface area (TPSA) is 131 Å². The lowest BCUT2D eigenvalue weighted by molar-refractivity contribution is -0.121. The third-order valence-electron chi connectivity index (χ3n) is 8.10. The van der Waals surface area contributed by atoms with Crippen LogP contribution in [0, 0.1) is 0 Å². The zero-order valence-electron chi connectivity index (χ0n) is 25.9. The number of H-pyrrole nitrogens is 1. The van der Waals surface area contributed by atoms with Gasteiger partial charge in [0.2, 0.25) is 23.0 Å². The van der Waals surface area contributed by atoms with Crippen LogP contribution in [-0.2, 0) is 22.4 Å². The molecule has 0 aliphatic heterocycles. The fourth-order valence-corrected chi connectivity index (χ4v) is 6.13. The molecule has 1 heterocycles. The van der Waals surface area contributed by atoms with Gasteiger partial charge < -0.3 is 35.1 Å². The van der Waals surface area contributed by atoms with Gasteiger partial charge in [-0.25, -0.2) is 0 Å². The first-order valence-corrected chi connectivity index (χ1v) is 15.1. The summed E-state index contributed by atoms with van der Waals surface area (Å²) in [7, 11) is 4.65. The predicted octanol–water partition coefficient (Wildman–Crippen LogP) is 5.16. The number of amides is 2. The van der Waals surface area contributed by atoms with Crippen molar-refractivity contribution in [3.63, 3.8) is 0 Å². The van der Waals surface area contributed by atoms with E-state index in [-0.39, 0.29) is 22.9 Å². The van der Waals surface area contributed by atoms with Crippen LogP contribution in [-0.4, -0.2) is 50.7 Å². The van der Waals surface area contributed by atoms with Gasteiger partial charge in [0.1, 0.15) is 6.04 Å². The standard InChI is InChI=1S/C34H37ClN4O6/c1-18(34(42)36-13-12-21-17-37-26-10-7-22(35)15-24(21)26)38-28-11-8-23-25(16-29(28)41)27(39-19(2)40)9-6-20-14-30(43-3)32(44-4)33(45-5)31(20)23/h7-8,10-11,14-18,27,37H,6,9,12-13H2,1-5H3,(H,36,42)(H,38,41)(H,39,40)/t18-,27+/m1/s1. The van der Waals surface area contributed by atoms with Gasteiger partial charge in [-0.2, -0.15) is 0 Å². The van der Waals surface area contributed by atoms with Crippen molar-refractivity contribution in [1.82, 2.24) is 15.6 Å². The Kier molecular flexibility index (Phi) is 9.53. The maximum absolute atomic E-state index is 13.6. The molecule has 0 unspecified atom stereocenters. The van der Waals surface area contributed by atoms with E-state index in [4.69, 9.17) is 25.8 Å². The van der Waals surface area contributed by atoms with Gasteiger partial charge in [-0.3, -0.25) is 14.4 Å². The molecule has 2 atom stereocenters. The smallest absolute Gasteiger partial charge is 0.242 e. The van der Waals surface area contributed by atoms with Crippen LogP contribution < -0.4 is 35.6 Å². The molecule has 0 saturated heterocycles. The van der Waals surface area contributed by atoms with Gasteiger partial charge in [-0.05, 0) is 84.8 Å². The first-order valence-electron chi connectivity index (χ1n) is 14.7. The van der Waals surface area contributed by atoms with Gasteiger partial charge in [0.25, 0.3) is 0 Å². The van der Waals surface area contributed by atoms with E-state index in [2.05, 4.69) is 20.9 Å². The van der Waals surface area contributed by atoms with Gasteiger partial charge in [0.15, 0.2) is 11.5 Å². The number of ether oxygens (including phenoxy) is 3. The minimum Gasteiger partial charge on any atom is -0.493 e. The average molecular weight is 633 g/mol. The lowest BCUT2D eigenvalue weighted by atomic mass is 9.95. The highest BCUT2D eigenvalue weighted by Gasteiger charge is 2.29. The third kappa shape index (κ3) is 6.56. The number of hydrogen-bond acceptors (Lipinski definition) is 7. The summed E-state index contributed by atoms with van der Waals surface area (Å²) in [5, 5.41) is 10.7. The quantitative estimate of drug-likeness (QED) is 0.190. The Bertz CT molecular complexity index is 1820. The molecule has 1 aliphatic rings. The number of aromatic amines is 1. The summed E-state index contributed by atoms with van der Waals surface area (Å²) in [6.45, 7) is 3.56. The van der Waals surface area contributed by atoms with Crippen molar-refractivity contribution in [1.29, 1.82) is 0 Å². The Hall–Kier alpha value is -4.70. The Morgan fingerprint density at radius 3 is 2.53 bits per heavy atom. The van der Waals surface area contributed by atoms with Gasteiger partial charge in [0, 0.05) is 41.2 Å². The van der Waals surface area contributed by atoms with Gasteiger partial charge in [-0.15, -0.1) is 0 Å². The summed E-state index contributed by atoms with van der Waals surface area (Å²) >= 11 is 6.17. The molecular weight excluding hydrogens is 596 g/mol. The summed E-state index contributed by atoms with van der Waals surface area (Å²) < 4.78 is 17.1. The van der Waals surface area contributed by atoms with Gasteiger partial charge >= 0.3 is 0 Å². The number of fused-ring (bicyclic) bond motifs is 4. The number of methoxy groups -OCH3 is 3. The zero-order chi connectivity index (χ0) is 32.2. The summed E-state index contributed by atoms with van der Waals surface area (Å²) in [6, 6.07) is 11.4. The number of aromatic nitrogens is 1. The van der Waals surface area contributed by atoms with E-state index >= 15 is 0 Å². The van der Waals surface area contributed by atoms with Crippen molar-refractivity contribution < 1.29 is 23.8 Å². The number of rotatable bonds is 10. The van der Waals surface area contributed by atoms with Crippen LogP contribution in [0.4, 0.5) is 5.69 Å². The van der Waals surface area contributed by atoms with Crippen molar-refractivity contribution in [3.8, 4) is 28.4 Å². The Morgan fingerprint density at radius 2 is 1.82 bits per heavy atom. The lowest BCUT2D eigenvalue weighted by Crippen LogP contribution is -2.39. The predicted molar refractivity (Wildman–Crippen MR) is 176 cm³/mol. The second kappa shape index (κ2) is 13.5. The number of carbonyl (C=O) groups excluding carboxylic acids is 2. The van der Waals surface area contributed by atoms with Crippen LogP contribution >= 0.6 is 11.6 Å². The summed E-state index contributed by atoms with van der Waals surface area (Å²) in [5.41, 5.74) is 4.99. The fraction of sp³-hybridized carbons (Fsp3) is 0.324. The highest BCUT2D eigenvalue weighted by molar-refractivity contribution is 6.31. The molecule has 45 heavy (non-hydrogen) atoms. The number of carbonyl (C=O) groups is 2. The number of hydrogen-bond donors (Lipinski definition) is 4. The van der Waals surface area contributed by atoms with Crippen LogP contribution in [0.25, 0.3) is 22.0 Å². The van der Waals surface area contributed by atoms with Crippen molar-refractivity contribution in [2.24, 2.45) is 0 Å². The van der Waals surface area contributed by atoms with Crippen LogP contribution in [0.15, 0.2) is 53.5 Å². The van der Waals surface area contributed by atoms with E-state index < -0.39 is 12.1 Å². The maximum atomic E-state index is 13.6. The fourth-order valence-electron chi connectivity index (χ4n) is 5.96. The molecule has 1 aliphatic carbocycles. The molecule has 0 radical (unpaired) electrons. The van der Waals surface area contributed by atoms with E-state index in [1.807, 2.05) is 36.5 Å². The first kappa shape index (κ1) is 31.7. The number of halogens is 1. The SMILES string of the molecule is COc1cc2c(c(OC)c1OC)-c1ccc(N[C@H](C)C(=O)NCCc3c[nH]c4ccc(Cl)cc34)c(=O)cc1[C@@H](NC(C)=O)CC2. The van der Waals surface area contributed by atoms with Crippen molar-refractivity contribution in [2.45, 2.75) is 45.2 Å². The molecule has 0 bridgehead atoms. The molecule has 0 saturated carbocycles. The second-order valence-electron chi connectivity index (χ2n) is 11.0. The van der Waals surface area contributed by atoms with Crippen LogP contribution in [0.2, 0.25) is 5.02 Å². The Labute approximate surface area is 266 Å². The van der Waals surface area contributed by atoms with Gasteiger partial charge in [-0.1, -0.05) is 17.7 Å². The minimum atomic E-state index is -0.699. The molecule has 4 aromatic rings. The minimum absolute atomic E-state index is 0.211. The van der Waals surface area contributed by atoms with E-state index in [1.165, 1.54) is 20.1 Å². The van der Waals surface area contributed by atoms with E-state index in [1.54, 1.807) is 27.2 Å². The molecule has 10 nitrogen and oxygen atoms in total. The highest BCUT2D eigenvalue weighted by atomic mass is 35.5. The summed E-state index contributed by atoms with van der Waals surface area (Å²) in [6.07, 6.45) is 3.67. The van der Waals surface area contributed by atoms with Crippen molar-refractivity contribution in [2.75, 3.05) is 33.2 Å². The molecule has 0 spiro atoms. The van der Waals surface area contributed by atoms with Crippen LogP contribution in [0.3, 0.4) is 0 Å². The largest absolute Gasteiger partial charge is 0.493 e. The second-order valence-corrected chi connectivity index (χ2v) is 11.4. The highest BCUT2D eigenvalue weighted by Crippen LogP contribution is 2.50. The molecule has 3 aromatic carbocycles. The molecule has 11 heteroatoms. The van der Waals surface area contributed by atoms with Crippen molar-refractivity contribution >= 4 is 40.0 Å². The number of nitrogens with one attached hydrogen (secondary N) is 4. The zero-order valence-corrected chi connectivity index (χ0v) is 26.7. The summed E-state index contributed by atoms with van der Waals surface area (Å²) in [4.78, 5) is 42.1. The number of anilines is 1. The Morgan fingerprint density at radius 1 is 1.04 bits per heavy atom. The van der Waals surface area contributed by atoms with Crippen LogP contribution in [0.1, 0.15) is 43.0 Å². The molecule has 0 fully saturated rings. The monoisotopic (exact) mass is 632 g/mol. The van der Waals surface area contributed by atoms with E-state index in [0.29, 0.717) is 59.2 Å².